The fraction of sp³-hybridized carbons (Fsp3) is 0.474. The highest BCUT2D eigenvalue weighted by Gasteiger charge is 2.36. The molecule has 2 aromatic rings. The molecule has 1 heterocycles. The highest BCUT2D eigenvalue weighted by atomic mass is 19.4. The lowest BCUT2D eigenvalue weighted by Gasteiger charge is -2.22. The first-order valence-corrected chi connectivity index (χ1v) is 8.81. The van der Waals surface area contributed by atoms with E-state index in [2.05, 4.69) is 16.9 Å². The van der Waals surface area contributed by atoms with Crippen molar-refractivity contribution in [1.82, 2.24) is 9.97 Å². The fourth-order valence-corrected chi connectivity index (χ4v) is 2.50. The smallest absolute Gasteiger partial charge is 0.421 e. The van der Waals surface area contributed by atoms with Gasteiger partial charge in [-0.25, -0.2) is 4.98 Å². The van der Waals surface area contributed by atoms with Crippen LogP contribution < -0.4 is 14.4 Å². The van der Waals surface area contributed by atoms with Crippen molar-refractivity contribution in [3.8, 4) is 11.8 Å². The van der Waals surface area contributed by atoms with Crippen molar-refractivity contribution in [1.29, 1.82) is 0 Å². The number of ether oxygens (including phenoxy) is 2. The Bertz CT molecular complexity index is 721. The SMILES string of the molecule is CCCCCCOc1ncc(C(F)(F)F)c(N(C)c2ccc(OC)cc2)n1. The molecule has 2 rings (SSSR count). The average Bonchev–Trinajstić information content (AvgIpc) is 2.66. The summed E-state index contributed by atoms with van der Waals surface area (Å²) in [6, 6.07) is 6.60. The minimum atomic E-state index is -4.57. The third-order valence-corrected chi connectivity index (χ3v) is 4.06. The number of nitrogens with zero attached hydrogens (tertiary/aromatic N) is 3. The topological polar surface area (TPSA) is 47.5 Å². The molecule has 1 aromatic carbocycles. The van der Waals surface area contributed by atoms with Gasteiger partial charge in [-0.05, 0) is 30.7 Å². The summed E-state index contributed by atoms with van der Waals surface area (Å²) in [5.41, 5.74) is -0.381. The molecule has 0 spiro atoms. The number of unbranched alkanes of at least 4 members (excludes halogenated alkanes) is 3. The van der Waals surface area contributed by atoms with E-state index >= 15 is 0 Å². The molecular weight excluding hydrogens is 359 g/mol. The van der Waals surface area contributed by atoms with Crippen molar-refractivity contribution in [2.45, 2.75) is 38.8 Å². The van der Waals surface area contributed by atoms with Crippen LogP contribution in [0.5, 0.6) is 11.8 Å². The Morgan fingerprint density at radius 3 is 2.37 bits per heavy atom. The Hall–Kier alpha value is -2.51. The van der Waals surface area contributed by atoms with Crippen LogP contribution in [0.3, 0.4) is 0 Å². The van der Waals surface area contributed by atoms with Crippen LogP contribution in [0.4, 0.5) is 24.7 Å². The van der Waals surface area contributed by atoms with Gasteiger partial charge in [0, 0.05) is 18.9 Å². The summed E-state index contributed by atoms with van der Waals surface area (Å²) in [7, 11) is 3.04. The van der Waals surface area contributed by atoms with Crippen molar-refractivity contribution < 1.29 is 22.6 Å². The quantitative estimate of drug-likeness (QED) is 0.555. The molecule has 0 amide bonds. The van der Waals surface area contributed by atoms with Gasteiger partial charge in [0.1, 0.15) is 11.3 Å². The largest absolute Gasteiger partial charge is 0.497 e. The van der Waals surface area contributed by atoms with Crippen molar-refractivity contribution in [2.24, 2.45) is 0 Å². The summed E-state index contributed by atoms with van der Waals surface area (Å²) < 4.78 is 50.7. The number of anilines is 2. The van der Waals surface area contributed by atoms with E-state index < -0.39 is 11.7 Å². The molecule has 0 atom stereocenters. The zero-order valence-corrected chi connectivity index (χ0v) is 15.7. The van der Waals surface area contributed by atoms with E-state index in [1.54, 1.807) is 24.3 Å². The minimum absolute atomic E-state index is 0.0603. The first-order chi connectivity index (χ1) is 12.9. The van der Waals surface area contributed by atoms with Gasteiger partial charge in [0.25, 0.3) is 0 Å². The molecule has 0 aliphatic heterocycles. The van der Waals surface area contributed by atoms with Gasteiger partial charge in [-0.2, -0.15) is 18.2 Å². The van der Waals surface area contributed by atoms with Gasteiger partial charge in [-0.1, -0.05) is 26.2 Å². The summed E-state index contributed by atoms with van der Waals surface area (Å²) in [6.07, 6.45) is 0.174. The van der Waals surface area contributed by atoms with Gasteiger partial charge >= 0.3 is 12.2 Å². The van der Waals surface area contributed by atoms with E-state index in [-0.39, 0.29) is 11.8 Å². The average molecular weight is 383 g/mol. The predicted octanol–water partition coefficient (Wildman–Crippen LogP) is 5.23. The number of halogens is 3. The Balaban J connectivity index is 2.25. The molecular formula is C19H24F3N3O2. The van der Waals surface area contributed by atoms with Crippen LogP contribution in [0.15, 0.2) is 30.5 Å². The Morgan fingerprint density at radius 1 is 1.07 bits per heavy atom. The van der Waals surface area contributed by atoms with Crippen molar-refractivity contribution >= 4 is 11.5 Å². The monoisotopic (exact) mass is 383 g/mol. The maximum Gasteiger partial charge on any atom is 0.421 e. The maximum absolute atomic E-state index is 13.4. The van der Waals surface area contributed by atoms with E-state index in [0.29, 0.717) is 18.0 Å². The molecule has 148 valence electrons. The second-order valence-electron chi connectivity index (χ2n) is 6.05. The van der Waals surface area contributed by atoms with Crippen LogP contribution in [-0.4, -0.2) is 30.7 Å². The second-order valence-corrected chi connectivity index (χ2v) is 6.05. The first-order valence-electron chi connectivity index (χ1n) is 8.81. The molecule has 27 heavy (non-hydrogen) atoms. The number of alkyl halides is 3. The van der Waals surface area contributed by atoms with Crippen LogP contribution in [0.2, 0.25) is 0 Å². The number of aromatic nitrogens is 2. The molecule has 1 aromatic heterocycles. The number of methoxy groups -OCH3 is 1. The third kappa shape index (κ3) is 5.74. The molecule has 0 N–H and O–H groups in total. The number of hydrogen-bond donors (Lipinski definition) is 0. The molecule has 0 fully saturated rings. The van der Waals surface area contributed by atoms with Gasteiger partial charge < -0.3 is 14.4 Å². The van der Waals surface area contributed by atoms with Crippen LogP contribution in [-0.2, 0) is 6.18 Å². The molecule has 0 saturated heterocycles. The van der Waals surface area contributed by atoms with E-state index in [9.17, 15) is 13.2 Å². The molecule has 8 heteroatoms. The number of hydrogen-bond acceptors (Lipinski definition) is 5. The highest BCUT2D eigenvalue weighted by molar-refractivity contribution is 5.63. The Labute approximate surface area is 157 Å². The van der Waals surface area contributed by atoms with Gasteiger partial charge in [0.2, 0.25) is 0 Å². The summed E-state index contributed by atoms with van der Waals surface area (Å²) in [6.45, 7) is 2.47. The van der Waals surface area contributed by atoms with E-state index in [1.165, 1.54) is 19.1 Å². The normalized spacial score (nSPS) is 11.3. The maximum atomic E-state index is 13.4. The third-order valence-electron chi connectivity index (χ3n) is 4.06. The summed E-state index contributed by atoms with van der Waals surface area (Å²) in [5, 5.41) is 0. The molecule has 0 bridgehead atoms. The lowest BCUT2D eigenvalue weighted by molar-refractivity contribution is -0.137. The molecule has 5 nitrogen and oxygen atoms in total. The fourth-order valence-electron chi connectivity index (χ4n) is 2.50. The van der Waals surface area contributed by atoms with Crippen LogP contribution in [0.25, 0.3) is 0 Å². The van der Waals surface area contributed by atoms with Crippen molar-refractivity contribution in [2.75, 3.05) is 25.7 Å². The minimum Gasteiger partial charge on any atom is -0.497 e. The van der Waals surface area contributed by atoms with Crippen LogP contribution >= 0.6 is 0 Å². The van der Waals surface area contributed by atoms with Gasteiger partial charge in [0.15, 0.2) is 5.82 Å². The van der Waals surface area contributed by atoms with Gasteiger partial charge in [-0.3, -0.25) is 0 Å². The summed E-state index contributed by atoms with van der Waals surface area (Å²) in [4.78, 5) is 9.10. The zero-order chi connectivity index (χ0) is 19.9. The van der Waals surface area contributed by atoms with Gasteiger partial charge in [0.05, 0.1) is 13.7 Å². The predicted molar refractivity (Wildman–Crippen MR) is 97.7 cm³/mol. The highest BCUT2D eigenvalue weighted by Crippen LogP contribution is 2.37. The van der Waals surface area contributed by atoms with Crippen molar-refractivity contribution in [3.05, 3.63) is 36.0 Å². The summed E-state index contributed by atoms with van der Waals surface area (Å²) in [5.74, 6) is 0.355. The van der Waals surface area contributed by atoms with E-state index in [0.717, 1.165) is 31.9 Å². The van der Waals surface area contributed by atoms with Crippen LogP contribution in [0, 0.1) is 0 Å². The van der Waals surface area contributed by atoms with Crippen molar-refractivity contribution in [3.63, 3.8) is 0 Å². The summed E-state index contributed by atoms with van der Waals surface area (Å²) >= 11 is 0. The molecule has 0 unspecified atom stereocenters. The molecule has 0 aliphatic rings. The second kappa shape index (κ2) is 9.43. The first kappa shape index (κ1) is 20.8. The Kier molecular flexibility index (Phi) is 7.27. The number of rotatable bonds is 9. The lowest BCUT2D eigenvalue weighted by Crippen LogP contribution is -2.19. The molecule has 0 aliphatic carbocycles. The number of benzene rings is 1. The molecule has 0 radical (unpaired) electrons. The van der Waals surface area contributed by atoms with Gasteiger partial charge in [-0.15, -0.1) is 0 Å². The standard InChI is InChI=1S/C19H24F3N3O2/c1-4-5-6-7-12-27-18-23-13-16(19(20,21)22)17(24-18)25(2)14-8-10-15(26-3)11-9-14/h8-11,13H,4-7,12H2,1-3H3. The molecule has 0 saturated carbocycles. The van der Waals surface area contributed by atoms with E-state index in [1.807, 2.05) is 0 Å². The lowest BCUT2D eigenvalue weighted by atomic mass is 10.2. The van der Waals surface area contributed by atoms with Crippen LogP contribution in [0.1, 0.15) is 38.2 Å². The van der Waals surface area contributed by atoms with E-state index in [4.69, 9.17) is 9.47 Å². The zero-order valence-electron chi connectivity index (χ0n) is 15.7. The Morgan fingerprint density at radius 2 is 1.78 bits per heavy atom.